The van der Waals surface area contributed by atoms with Gasteiger partial charge in [-0.05, 0) is 48.7 Å². The first kappa shape index (κ1) is 18.6. The highest BCUT2D eigenvalue weighted by Crippen LogP contribution is 2.47. The van der Waals surface area contributed by atoms with Crippen LogP contribution in [0.5, 0.6) is 0 Å². The zero-order valence-corrected chi connectivity index (χ0v) is 16.3. The molecule has 7 nitrogen and oxygen atoms in total. The normalized spacial score (nSPS) is 18.4. The summed E-state index contributed by atoms with van der Waals surface area (Å²) in [5.41, 5.74) is 1.80. The van der Waals surface area contributed by atoms with Crippen molar-refractivity contribution in [1.82, 2.24) is 4.90 Å². The predicted molar refractivity (Wildman–Crippen MR) is 104 cm³/mol. The Kier molecular flexibility index (Phi) is 4.28. The lowest BCUT2D eigenvalue weighted by Crippen LogP contribution is -2.49. The average Bonchev–Trinajstić information content (AvgIpc) is 2.90. The molecule has 0 radical (unpaired) electrons. The van der Waals surface area contributed by atoms with Crippen molar-refractivity contribution in [2.45, 2.75) is 23.2 Å². The van der Waals surface area contributed by atoms with E-state index < -0.39 is 15.4 Å². The zero-order chi connectivity index (χ0) is 20.1. The number of benzene rings is 2. The number of fused-ring (bicyclic) bond motifs is 2. The minimum atomic E-state index is -3.79. The second kappa shape index (κ2) is 6.42. The molecule has 0 atom stereocenters. The Morgan fingerprint density at radius 2 is 1.64 bits per heavy atom. The molecular weight excluding hydrogens is 378 g/mol. The van der Waals surface area contributed by atoms with E-state index in [0.29, 0.717) is 31.5 Å². The van der Waals surface area contributed by atoms with Gasteiger partial charge >= 0.3 is 0 Å². The minimum absolute atomic E-state index is 0.0298. The number of rotatable bonds is 2. The van der Waals surface area contributed by atoms with Gasteiger partial charge in [-0.1, -0.05) is 18.2 Å². The Morgan fingerprint density at radius 1 is 1.04 bits per heavy atom. The number of para-hydroxylation sites is 1. The fourth-order valence-corrected chi connectivity index (χ4v) is 4.78. The summed E-state index contributed by atoms with van der Waals surface area (Å²) < 4.78 is 22.7. The van der Waals surface area contributed by atoms with Gasteiger partial charge in [-0.2, -0.15) is 0 Å². The van der Waals surface area contributed by atoms with Gasteiger partial charge in [-0.3, -0.25) is 9.59 Å². The molecule has 28 heavy (non-hydrogen) atoms. The number of likely N-dealkylation sites (tertiary alicyclic amines) is 1. The summed E-state index contributed by atoms with van der Waals surface area (Å²) in [5, 5.41) is 5.10. The van der Waals surface area contributed by atoms with Crippen molar-refractivity contribution >= 4 is 27.5 Å². The van der Waals surface area contributed by atoms with Gasteiger partial charge in [0.05, 0.1) is 10.3 Å². The van der Waals surface area contributed by atoms with E-state index in [0.717, 1.165) is 11.3 Å². The average molecular weight is 399 g/mol. The van der Waals surface area contributed by atoms with Crippen molar-refractivity contribution in [3.05, 3.63) is 59.7 Å². The molecule has 1 spiro atoms. The minimum Gasteiger partial charge on any atom is -0.339 e. The SMILES string of the molecule is CN1C(=O)C2(CCN(C(=O)c3ccc(S(N)(=O)=O)cc3)CC2)c2ccccc21. The van der Waals surface area contributed by atoms with Crippen LogP contribution in [0.15, 0.2) is 53.4 Å². The third kappa shape index (κ3) is 2.80. The number of hydrogen-bond donors (Lipinski definition) is 1. The summed E-state index contributed by atoms with van der Waals surface area (Å²) in [5.74, 6) is -0.0961. The van der Waals surface area contributed by atoms with Crippen molar-refractivity contribution in [2.24, 2.45) is 5.14 Å². The molecule has 0 unspecified atom stereocenters. The quantitative estimate of drug-likeness (QED) is 0.827. The number of carbonyl (C=O) groups excluding carboxylic acids is 2. The number of piperidine rings is 1. The van der Waals surface area contributed by atoms with Crippen molar-refractivity contribution < 1.29 is 18.0 Å². The monoisotopic (exact) mass is 399 g/mol. The van der Waals surface area contributed by atoms with E-state index in [1.165, 1.54) is 24.3 Å². The standard InChI is InChI=1S/C20H21N3O4S/c1-22-17-5-3-2-4-16(17)20(19(22)25)10-12-23(13-11-20)18(24)14-6-8-15(9-7-14)28(21,26)27/h2-9H,10-13H2,1H3,(H2,21,26,27). The maximum absolute atomic E-state index is 13.0. The lowest BCUT2D eigenvalue weighted by molar-refractivity contribution is -0.124. The lowest BCUT2D eigenvalue weighted by Gasteiger charge is -2.38. The molecule has 2 heterocycles. The van der Waals surface area contributed by atoms with Crippen LogP contribution in [-0.2, 0) is 20.2 Å². The van der Waals surface area contributed by atoms with E-state index in [-0.39, 0.29) is 16.7 Å². The topological polar surface area (TPSA) is 101 Å². The maximum Gasteiger partial charge on any atom is 0.253 e. The molecule has 146 valence electrons. The van der Waals surface area contributed by atoms with E-state index in [2.05, 4.69) is 0 Å². The van der Waals surface area contributed by atoms with Gasteiger partial charge in [0, 0.05) is 31.4 Å². The van der Waals surface area contributed by atoms with Crippen LogP contribution in [0.4, 0.5) is 5.69 Å². The molecule has 2 aliphatic rings. The van der Waals surface area contributed by atoms with E-state index in [4.69, 9.17) is 5.14 Å². The largest absolute Gasteiger partial charge is 0.339 e. The number of sulfonamides is 1. The number of nitrogens with zero attached hydrogens (tertiary/aromatic N) is 2. The molecule has 0 bridgehead atoms. The zero-order valence-electron chi connectivity index (χ0n) is 15.5. The maximum atomic E-state index is 13.0. The molecule has 2 aromatic carbocycles. The number of hydrogen-bond acceptors (Lipinski definition) is 4. The molecule has 2 aromatic rings. The first-order valence-corrected chi connectivity index (χ1v) is 10.6. The van der Waals surface area contributed by atoms with Gasteiger partial charge in [-0.25, -0.2) is 13.6 Å². The number of primary sulfonamides is 1. The third-order valence-electron chi connectivity index (χ3n) is 5.83. The molecular formula is C20H21N3O4S. The predicted octanol–water partition coefficient (Wildman–Crippen LogP) is 1.48. The molecule has 1 fully saturated rings. The summed E-state index contributed by atoms with van der Waals surface area (Å²) in [7, 11) is -2.00. The van der Waals surface area contributed by atoms with Crippen molar-refractivity contribution in [2.75, 3.05) is 25.0 Å². The van der Waals surface area contributed by atoms with Gasteiger partial charge < -0.3 is 9.80 Å². The number of carbonyl (C=O) groups is 2. The van der Waals surface area contributed by atoms with Crippen molar-refractivity contribution in [3.8, 4) is 0 Å². The van der Waals surface area contributed by atoms with Crippen molar-refractivity contribution in [3.63, 3.8) is 0 Å². The Labute approximate surface area is 163 Å². The van der Waals surface area contributed by atoms with Crippen LogP contribution < -0.4 is 10.0 Å². The molecule has 1 saturated heterocycles. The highest BCUT2D eigenvalue weighted by molar-refractivity contribution is 7.89. The van der Waals surface area contributed by atoms with Gasteiger partial charge in [0.1, 0.15) is 0 Å². The van der Waals surface area contributed by atoms with Gasteiger partial charge in [0.2, 0.25) is 15.9 Å². The van der Waals surface area contributed by atoms with Gasteiger partial charge in [-0.15, -0.1) is 0 Å². The van der Waals surface area contributed by atoms with Crippen LogP contribution in [0.3, 0.4) is 0 Å². The molecule has 0 aliphatic carbocycles. The Bertz CT molecular complexity index is 1060. The Balaban J connectivity index is 1.53. The number of amides is 2. The highest BCUT2D eigenvalue weighted by atomic mass is 32.2. The summed E-state index contributed by atoms with van der Waals surface area (Å²) in [4.78, 5) is 29.2. The van der Waals surface area contributed by atoms with Crippen LogP contribution in [0, 0.1) is 0 Å². The third-order valence-corrected chi connectivity index (χ3v) is 6.76. The van der Waals surface area contributed by atoms with E-state index in [1.807, 2.05) is 24.3 Å². The fourth-order valence-electron chi connectivity index (χ4n) is 4.26. The second-order valence-corrected chi connectivity index (χ2v) is 8.89. The van der Waals surface area contributed by atoms with Crippen LogP contribution in [0.1, 0.15) is 28.8 Å². The molecule has 2 N–H and O–H groups in total. The molecule has 0 saturated carbocycles. The molecule has 0 aromatic heterocycles. The smallest absolute Gasteiger partial charge is 0.253 e. The number of nitrogens with two attached hydrogens (primary N) is 1. The van der Waals surface area contributed by atoms with E-state index in [9.17, 15) is 18.0 Å². The van der Waals surface area contributed by atoms with Gasteiger partial charge in [0.25, 0.3) is 5.91 Å². The molecule has 2 aliphatic heterocycles. The van der Waals surface area contributed by atoms with Crippen molar-refractivity contribution in [1.29, 1.82) is 0 Å². The summed E-state index contributed by atoms with van der Waals surface area (Å²) >= 11 is 0. The Morgan fingerprint density at radius 3 is 2.25 bits per heavy atom. The first-order valence-electron chi connectivity index (χ1n) is 9.04. The Hall–Kier alpha value is -2.71. The number of likely N-dealkylation sites (N-methyl/N-ethyl adjacent to an activating group) is 1. The summed E-state index contributed by atoms with van der Waals surface area (Å²) in [6, 6.07) is 13.4. The fraction of sp³-hybridized carbons (Fsp3) is 0.300. The molecule has 8 heteroatoms. The summed E-state index contributed by atoms with van der Waals surface area (Å²) in [6.45, 7) is 0.924. The molecule has 2 amide bonds. The van der Waals surface area contributed by atoms with E-state index >= 15 is 0 Å². The first-order chi connectivity index (χ1) is 13.2. The highest BCUT2D eigenvalue weighted by Gasteiger charge is 2.51. The van der Waals surface area contributed by atoms with Crippen LogP contribution in [0.2, 0.25) is 0 Å². The van der Waals surface area contributed by atoms with Crippen LogP contribution in [0.25, 0.3) is 0 Å². The van der Waals surface area contributed by atoms with Crippen LogP contribution in [-0.4, -0.2) is 45.3 Å². The number of anilines is 1. The lowest BCUT2D eigenvalue weighted by atomic mass is 9.73. The molecule has 4 rings (SSSR count). The summed E-state index contributed by atoms with van der Waals surface area (Å²) in [6.07, 6.45) is 1.13. The van der Waals surface area contributed by atoms with E-state index in [1.54, 1.807) is 16.8 Å². The van der Waals surface area contributed by atoms with Gasteiger partial charge in [0.15, 0.2) is 0 Å². The van der Waals surface area contributed by atoms with Crippen LogP contribution >= 0.6 is 0 Å². The second-order valence-electron chi connectivity index (χ2n) is 7.33.